The Bertz CT molecular complexity index is 567. The second-order valence-corrected chi connectivity index (χ2v) is 6.68. The van der Waals surface area contributed by atoms with Gasteiger partial charge in [0.15, 0.2) is 6.04 Å². The maximum atomic E-state index is 12.4. The fourth-order valence-corrected chi connectivity index (χ4v) is 2.16. The SMILES string of the molecule is C=NC(C(=O)OCCCC)C(NC(=O)OC(C)(C)C)c1ccccc1. The van der Waals surface area contributed by atoms with Gasteiger partial charge in [0.1, 0.15) is 5.60 Å². The molecule has 0 heterocycles. The first kappa shape index (κ1) is 20.7. The monoisotopic (exact) mass is 348 g/mol. The van der Waals surface area contributed by atoms with E-state index in [0.717, 1.165) is 18.4 Å². The van der Waals surface area contributed by atoms with Gasteiger partial charge >= 0.3 is 12.1 Å². The average Bonchev–Trinajstić information content (AvgIpc) is 2.54. The summed E-state index contributed by atoms with van der Waals surface area (Å²) < 4.78 is 10.6. The lowest BCUT2D eigenvalue weighted by molar-refractivity contribution is -0.146. The fraction of sp³-hybridized carbons (Fsp3) is 0.526. The van der Waals surface area contributed by atoms with Crippen molar-refractivity contribution in [1.82, 2.24) is 5.32 Å². The van der Waals surface area contributed by atoms with Gasteiger partial charge < -0.3 is 14.8 Å². The Morgan fingerprint density at radius 2 is 1.88 bits per heavy atom. The fourth-order valence-electron chi connectivity index (χ4n) is 2.16. The first-order chi connectivity index (χ1) is 11.8. The van der Waals surface area contributed by atoms with Gasteiger partial charge in [0.2, 0.25) is 0 Å². The van der Waals surface area contributed by atoms with E-state index in [0.29, 0.717) is 6.61 Å². The van der Waals surface area contributed by atoms with Crippen LogP contribution in [0.25, 0.3) is 0 Å². The van der Waals surface area contributed by atoms with Crippen LogP contribution in [0.1, 0.15) is 52.1 Å². The molecule has 6 nitrogen and oxygen atoms in total. The summed E-state index contributed by atoms with van der Waals surface area (Å²) in [6.07, 6.45) is 1.06. The third-order valence-electron chi connectivity index (χ3n) is 3.33. The van der Waals surface area contributed by atoms with Crippen molar-refractivity contribution in [1.29, 1.82) is 0 Å². The molecule has 1 amide bonds. The zero-order chi connectivity index (χ0) is 18.9. The van der Waals surface area contributed by atoms with Crippen molar-refractivity contribution >= 4 is 18.8 Å². The van der Waals surface area contributed by atoms with Gasteiger partial charge in [-0.1, -0.05) is 43.7 Å². The smallest absolute Gasteiger partial charge is 0.408 e. The zero-order valence-corrected chi connectivity index (χ0v) is 15.5. The predicted molar refractivity (Wildman–Crippen MR) is 97.8 cm³/mol. The minimum absolute atomic E-state index is 0.315. The molecule has 0 saturated carbocycles. The predicted octanol–water partition coefficient (Wildman–Crippen LogP) is 3.66. The molecule has 1 rings (SSSR count). The number of benzene rings is 1. The van der Waals surface area contributed by atoms with Gasteiger partial charge in [-0.05, 0) is 39.5 Å². The second-order valence-electron chi connectivity index (χ2n) is 6.68. The number of alkyl carbamates (subject to hydrolysis) is 1. The summed E-state index contributed by atoms with van der Waals surface area (Å²) >= 11 is 0. The number of carbonyl (C=O) groups excluding carboxylic acids is 2. The molecule has 0 bridgehead atoms. The highest BCUT2D eigenvalue weighted by Crippen LogP contribution is 2.21. The number of rotatable bonds is 8. The van der Waals surface area contributed by atoms with Crippen molar-refractivity contribution in [2.45, 2.75) is 58.2 Å². The Labute approximate surface area is 149 Å². The molecule has 1 aromatic rings. The first-order valence-electron chi connectivity index (χ1n) is 8.45. The van der Waals surface area contributed by atoms with Gasteiger partial charge in [0.25, 0.3) is 0 Å². The third-order valence-corrected chi connectivity index (χ3v) is 3.33. The lowest BCUT2D eigenvalue weighted by atomic mass is 10.00. The molecule has 0 aliphatic rings. The van der Waals surface area contributed by atoms with Gasteiger partial charge in [-0.25, -0.2) is 9.59 Å². The van der Waals surface area contributed by atoms with E-state index in [-0.39, 0.29) is 0 Å². The molecular formula is C19H28N2O4. The number of hydrogen-bond donors (Lipinski definition) is 1. The van der Waals surface area contributed by atoms with Crippen LogP contribution in [0.5, 0.6) is 0 Å². The van der Waals surface area contributed by atoms with Gasteiger partial charge in [-0.15, -0.1) is 0 Å². The van der Waals surface area contributed by atoms with E-state index in [1.54, 1.807) is 32.9 Å². The van der Waals surface area contributed by atoms with Crippen LogP contribution in [0, 0.1) is 0 Å². The largest absolute Gasteiger partial charge is 0.464 e. The molecule has 0 spiro atoms. The first-order valence-corrected chi connectivity index (χ1v) is 8.45. The Kier molecular flexibility index (Phi) is 8.11. The molecule has 0 radical (unpaired) electrons. The van der Waals surface area contributed by atoms with E-state index in [4.69, 9.17) is 9.47 Å². The summed E-state index contributed by atoms with van der Waals surface area (Å²) in [5, 5.41) is 2.72. The molecule has 0 aromatic heterocycles. The summed E-state index contributed by atoms with van der Waals surface area (Å²) in [5.74, 6) is -0.520. The van der Waals surface area contributed by atoms with Crippen LogP contribution in [-0.4, -0.2) is 37.0 Å². The highest BCUT2D eigenvalue weighted by Gasteiger charge is 2.32. The molecular weight excluding hydrogens is 320 g/mol. The van der Waals surface area contributed by atoms with Gasteiger partial charge in [-0.3, -0.25) is 4.99 Å². The number of carbonyl (C=O) groups is 2. The molecule has 25 heavy (non-hydrogen) atoms. The molecule has 0 aliphatic heterocycles. The Morgan fingerprint density at radius 1 is 1.24 bits per heavy atom. The lowest BCUT2D eigenvalue weighted by Gasteiger charge is -2.26. The number of nitrogens with one attached hydrogen (secondary N) is 1. The van der Waals surface area contributed by atoms with Crippen molar-refractivity contribution < 1.29 is 19.1 Å². The van der Waals surface area contributed by atoms with Gasteiger partial charge in [-0.2, -0.15) is 0 Å². The summed E-state index contributed by atoms with van der Waals surface area (Å²) in [7, 11) is 0. The van der Waals surface area contributed by atoms with Crippen molar-refractivity contribution in [3.63, 3.8) is 0 Å². The number of esters is 1. The van der Waals surface area contributed by atoms with Crippen LogP contribution in [0.15, 0.2) is 35.3 Å². The molecule has 138 valence electrons. The zero-order valence-electron chi connectivity index (χ0n) is 15.5. The van der Waals surface area contributed by atoms with Crippen molar-refractivity contribution in [2.75, 3.05) is 6.61 Å². The molecule has 1 aromatic carbocycles. The van der Waals surface area contributed by atoms with Crippen LogP contribution >= 0.6 is 0 Å². The molecule has 6 heteroatoms. The Balaban J connectivity index is 2.98. The van der Waals surface area contributed by atoms with Gasteiger partial charge in [0, 0.05) is 0 Å². The Morgan fingerprint density at radius 3 is 2.40 bits per heavy atom. The van der Waals surface area contributed by atoms with E-state index in [9.17, 15) is 9.59 Å². The number of ether oxygens (including phenoxy) is 2. The molecule has 1 N–H and O–H groups in total. The van der Waals surface area contributed by atoms with E-state index in [2.05, 4.69) is 17.0 Å². The molecule has 2 atom stereocenters. The maximum absolute atomic E-state index is 12.4. The Hall–Kier alpha value is -2.37. The summed E-state index contributed by atoms with van der Waals surface area (Å²) in [5.41, 5.74) is 0.0718. The van der Waals surface area contributed by atoms with Crippen LogP contribution in [-0.2, 0) is 14.3 Å². The molecule has 0 saturated heterocycles. The number of amides is 1. The van der Waals surface area contributed by atoms with Crippen molar-refractivity contribution in [3.05, 3.63) is 35.9 Å². The quantitative estimate of drug-likeness (QED) is 0.442. The summed E-state index contributed by atoms with van der Waals surface area (Å²) in [6, 6.07) is 7.43. The normalized spacial score (nSPS) is 13.4. The van der Waals surface area contributed by atoms with Crippen LogP contribution in [0.3, 0.4) is 0 Å². The average molecular weight is 348 g/mol. The van der Waals surface area contributed by atoms with Gasteiger partial charge in [0.05, 0.1) is 12.6 Å². The van der Waals surface area contributed by atoms with Crippen molar-refractivity contribution in [3.8, 4) is 0 Å². The lowest BCUT2D eigenvalue weighted by Crippen LogP contribution is -2.42. The highest BCUT2D eigenvalue weighted by atomic mass is 16.6. The molecule has 0 aliphatic carbocycles. The number of nitrogens with zero attached hydrogens (tertiary/aromatic N) is 1. The third kappa shape index (κ3) is 7.37. The standard InChI is InChI=1S/C19H28N2O4/c1-6-7-13-24-17(22)16(20-5)15(14-11-9-8-10-12-14)21-18(23)25-19(2,3)4/h8-12,15-16H,5-7,13H2,1-4H3,(H,21,23). The van der Waals surface area contributed by atoms with Crippen LogP contribution in [0.4, 0.5) is 4.79 Å². The number of unbranched alkanes of at least 4 members (excludes halogenated alkanes) is 1. The summed E-state index contributed by atoms with van der Waals surface area (Å²) in [6.45, 7) is 11.1. The second kappa shape index (κ2) is 9.81. The topological polar surface area (TPSA) is 77.0 Å². The van der Waals surface area contributed by atoms with Crippen molar-refractivity contribution in [2.24, 2.45) is 4.99 Å². The highest BCUT2D eigenvalue weighted by molar-refractivity contribution is 5.79. The molecule has 2 unspecified atom stereocenters. The minimum Gasteiger partial charge on any atom is -0.464 e. The molecule has 0 fully saturated rings. The van der Waals surface area contributed by atoms with Crippen LogP contribution < -0.4 is 5.32 Å². The van der Waals surface area contributed by atoms with E-state index in [1.165, 1.54) is 0 Å². The van der Waals surface area contributed by atoms with E-state index >= 15 is 0 Å². The van der Waals surface area contributed by atoms with E-state index in [1.807, 2.05) is 25.1 Å². The number of hydrogen-bond acceptors (Lipinski definition) is 5. The minimum atomic E-state index is -0.952. The number of aliphatic imine (C=N–C) groups is 1. The van der Waals surface area contributed by atoms with Crippen LogP contribution in [0.2, 0.25) is 0 Å². The summed E-state index contributed by atoms with van der Waals surface area (Å²) in [4.78, 5) is 28.5. The van der Waals surface area contributed by atoms with E-state index < -0.39 is 29.7 Å². The maximum Gasteiger partial charge on any atom is 0.408 e.